The number of benzene rings is 1. The van der Waals surface area contributed by atoms with E-state index in [9.17, 15) is 0 Å². The molecule has 1 aliphatic heterocycles. The van der Waals surface area contributed by atoms with Crippen LogP contribution in [0.3, 0.4) is 0 Å². The molecule has 1 heterocycles. The molecule has 0 bridgehead atoms. The lowest BCUT2D eigenvalue weighted by molar-refractivity contribution is 0.173. The summed E-state index contributed by atoms with van der Waals surface area (Å²) < 4.78 is 11.5. The zero-order valence-electron chi connectivity index (χ0n) is 9.00. The van der Waals surface area contributed by atoms with Crippen molar-refractivity contribution >= 4 is 15.9 Å². The largest absolute Gasteiger partial charge is 0.454 e. The summed E-state index contributed by atoms with van der Waals surface area (Å²) in [7, 11) is 0. The third kappa shape index (κ3) is 2.48. The number of nitrogens with one attached hydrogen (secondary N) is 1. The number of halogens is 1. The maximum Gasteiger partial charge on any atom is 0.231 e. The van der Waals surface area contributed by atoms with Gasteiger partial charge in [0.1, 0.15) is 0 Å². The van der Waals surface area contributed by atoms with Gasteiger partial charge in [0.25, 0.3) is 0 Å². The SMILES string of the molecule is C[C@@H](CO)NCc1cc(Br)c2c(c1)OCO2. The van der Waals surface area contributed by atoms with E-state index in [2.05, 4.69) is 21.2 Å². The van der Waals surface area contributed by atoms with Crippen molar-refractivity contribution in [3.8, 4) is 11.5 Å². The zero-order valence-corrected chi connectivity index (χ0v) is 10.6. The topological polar surface area (TPSA) is 50.7 Å². The number of hydrogen-bond donors (Lipinski definition) is 2. The fraction of sp³-hybridized carbons (Fsp3) is 0.455. The van der Waals surface area contributed by atoms with Crippen molar-refractivity contribution in [1.82, 2.24) is 5.32 Å². The maximum atomic E-state index is 8.91. The second-order valence-electron chi connectivity index (χ2n) is 3.78. The minimum atomic E-state index is 0.0872. The predicted octanol–water partition coefficient (Wildman–Crippen LogP) is 1.65. The van der Waals surface area contributed by atoms with Gasteiger partial charge in [-0.25, -0.2) is 0 Å². The Labute approximate surface area is 103 Å². The van der Waals surface area contributed by atoms with Crippen LogP contribution in [0.2, 0.25) is 0 Å². The smallest absolute Gasteiger partial charge is 0.231 e. The number of ether oxygens (including phenoxy) is 2. The van der Waals surface area contributed by atoms with E-state index in [0.717, 1.165) is 21.5 Å². The number of hydrogen-bond acceptors (Lipinski definition) is 4. The molecular formula is C11H14BrNO3. The van der Waals surface area contributed by atoms with E-state index >= 15 is 0 Å². The van der Waals surface area contributed by atoms with Crippen LogP contribution >= 0.6 is 15.9 Å². The van der Waals surface area contributed by atoms with Crippen LogP contribution in [0.15, 0.2) is 16.6 Å². The minimum Gasteiger partial charge on any atom is -0.454 e. The molecule has 1 atom stereocenters. The second-order valence-corrected chi connectivity index (χ2v) is 4.63. The van der Waals surface area contributed by atoms with E-state index in [0.29, 0.717) is 6.54 Å². The van der Waals surface area contributed by atoms with Gasteiger partial charge < -0.3 is 19.9 Å². The highest BCUT2D eigenvalue weighted by atomic mass is 79.9. The molecule has 1 aromatic rings. The Kier molecular flexibility index (Phi) is 3.68. The quantitative estimate of drug-likeness (QED) is 0.884. The summed E-state index contributed by atoms with van der Waals surface area (Å²) in [5.41, 5.74) is 1.09. The molecule has 0 amide bonds. The summed E-state index contributed by atoms with van der Waals surface area (Å²) in [6.07, 6.45) is 0. The van der Waals surface area contributed by atoms with Crippen LogP contribution in [0, 0.1) is 0 Å². The molecule has 1 aliphatic rings. The number of aliphatic hydroxyl groups excluding tert-OH is 1. The first kappa shape index (κ1) is 11.7. The monoisotopic (exact) mass is 287 g/mol. The fourth-order valence-electron chi connectivity index (χ4n) is 1.48. The summed E-state index contributed by atoms with van der Waals surface area (Å²) in [6, 6.07) is 4.03. The van der Waals surface area contributed by atoms with Crippen LogP contribution in [0.5, 0.6) is 11.5 Å². The molecule has 4 nitrogen and oxygen atoms in total. The molecule has 0 saturated heterocycles. The Morgan fingerprint density at radius 2 is 2.31 bits per heavy atom. The molecule has 2 rings (SSSR count). The first-order valence-corrected chi connectivity index (χ1v) is 5.92. The molecule has 5 heteroatoms. The summed E-state index contributed by atoms with van der Waals surface area (Å²) in [5.74, 6) is 1.53. The average molecular weight is 288 g/mol. The van der Waals surface area contributed by atoms with E-state index in [1.807, 2.05) is 19.1 Å². The lowest BCUT2D eigenvalue weighted by Gasteiger charge is -2.11. The molecule has 0 unspecified atom stereocenters. The molecule has 0 saturated carbocycles. The van der Waals surface area contributed by atoms with Crippen LogP contribution in [-0.2, 0) is 6.54 Å². The molecule has 0 fully saturated rings. The molecule has 88 valence electrons. The van der Waals surface area contributed by atoms with Crippen molar-refractivity contribution in [3.63, 3.8) is 0 Å². The summed E-state index contributed by atoms with van der Waals surface area (Å²) in [5, 5.41) is 12.1. The summed E-state index contributed by atoms with van der Waals surface area (Å²) in [6.45, 7) is 3.03. The number of rotatable bonds is 4. The van der Waals surface area contributed by atoms with Gasteiger partial charge in [-0.2, -0.15) is 0 Å². The second kappa shape index (κ2) is 5.03. The van der Waals surface area contributed by atoms with Gasteiger partial charge in [-0.15, -0.1) is 0 Å². The van der Waals surface area contributed by atoms with Crippen molar-refractivity contribution in [1.29, 1.82) is 0 Å². The van der Waals surface area contributed by atoms with Gasteiger partial charge in [0.05, 0.1) is 11.1 Å². The van der Waals surface area contributed by atoms with E-state index in [1.54, 1.807) is 0 Å². The van der Waals surface area contributed by atoms with Crippen LogP contribution in [0.4, 0.5) is 0 Å². The third-order valence-electron chi connectivity index (χ3n) is 2.42. The summed E-state index contributed by atoms with van der Waals surface area (Å²) >= 11 is 3.44. The van der Waals surface area contributed by atoms with E-state index in [-0.39, 0.29) is 19.4 Å². The highest BCUT2D eigenvalue weighted by molar-refractivity contribution is 9.10. The van der Waals surface area contributed by atoms with E-state index in [4.69, 9.17) is 14.6 Å². The van der Waals surface area contributed by atoms with E-state index < -0.39 is 0 Å². The molecule has 1 aromatic carbocycles. The van der Waals surface area contributed by atoms with E-state index in [1.165, 1.54) is 0 Å². The molecule has 0 aromatic heterocycles. The molecule has 2 N–H and O–H groups in total. The van der Waals surface area contributed by atoms with Gasteiger partial charge in [0, 0.05) is 12.6 Å². The van der Waals surface area contributed by atoms with Crippen molar-refractivity contribution in [2.75, 3.05) is 13.4 Å². The standard InChI is InChI=1S/C11H14BrNO3/c1-7(5-14)13-4-8-2-9(12)11-10(3-8)15-6-16-11/h2-3,7,13-14H,4-6H2,1H3/t7-/m0/s1. The van der Waals surface area contributed by atoms with Crippen LogP contribution in [0.1, 0.15) is 12.5 Å². The summed E-state index contributed by atoms with van der Waals surface area (Å²) in [4.78, 5) is 0. The molecular weight excluding hydrogens is 274 g/mol. The van der Waals surface area contributed by atoms with Gasteiger partial charge in [0.15, 0.2) is 11.5 Å². The number of fused-ring (bicyclic) bond motifs is 1. The van der Waals surface area contributed by atoms with Crippen LogP contribution < -0.4 is 14.8 Å². The molecule has 0 spiro atoms. The van der Waals surface area contributed by atoms with Gasteiger partial charge >= 0.3 is 0 Å². The number of aliphatic hydroxyl groups is 1. The highest BCUT2D eigenvalue weighted by Crippen LogP contribution is 2.39. The van der Waals surface area contributed by atoms with Crippen molar-refractivity contribution < 1.29 is 14.6 Å². The van der Waals surface area contributed by atoms with Crippen LogP contribution in [-0.4, -0.2) is 24.5 Å². The zero-order chi connectivity index (χ0) is 11.5. The first-order chi connectivity index (χ1) is 7.70. The average Bonchev–Trinajstić information content (AvgIpc) is 2.74. The lowest BCUT2D eigenvalue weighted by Crippen LogP contribution is -2.28. The Balaban J connectivity index is 2.08. The maximum absolute atomic E-state index is 8.91. The highest BCUT2D eigenvalue weighted by Gasteiger charge is 2.17. The Bertz CT molecular complexity index is 384. The normalized spacial score (nSPS) is 15.2. The third-order valence-corrected chi connectivity index (χ3v) is 3.00. The minimum absolute atomic E-state index is 0.0872. The molecule has 16 heavy (non-hydrogen) atoms. The van der Waals surface area contributed by atoms with Gasteiger partial charge in [0.2, 0.25) is 6.79 Å². The van der Waals surface area contributed by atoms with Crippen molar-refractivity contribution in [2.24, 2.45) is 0 Å². The lowest BCUT2D eigenvalue weighted by atomic mass is 10.2. The van der Waals surface area contributed by atoms with Gasteiger partial charge in [-0.1, -0.05) is 0 Å². The molecule has 0 aliphatic carbocycles. The van der Waals surface area contributed by atoms with Crippen LogP contribution in [0.25, 0.3) is 0 Å². The van der Waals surface area contributed by atoms with Crippen molar-refractivity contribution in [3.05, 3.63) is 22.2 Å². The fourth-order valence-corrected chi connectivity index (χ4v) is 2.08. The van der Waals surface area contributed by atoms with Crippen molar-refractivity contribution in [2.45, 2.75) is 19.5 Å². The van der Waals surface area contributed by atoms with Gasteiger partial charge in [-0.3, -0.25) is 0 Å². The Morgan fingerprint density at radius 1 is 1.50 bits per heavy atom. The predicted molar refractivity (Wildman–Crippen MR) is 63.7 cm³/mol. The Morgan fingerprint density at radius 3 is 3.06 bits per heavy atom. The first-order valence-electron chi connectivity index (χ1n) is 5.13. The Hall–Kier alpha value is -0.780. The molecule has 0 radical (unpaired) electrons. The van der Waals surface area contributed by atoms with Gasteiger partial charge in [-0.05, 0) is 40.5 Å².